The molecule has 0 N–H and O–H groups in total. The Balaban J connectivity index is 1.43. The van der Waals surface area contributed by atoms with Crippen LogP contribution in [-0.4, -0.2) is 23.2 Å². The van der Waals surface area contributed by atoms with Crippen molar-refractivity contribution in [1.29, 1.82) is 0 Å². The third-order valence-electron chi connectivity index (χ3n) is 5.63. The molecule has 146 valence electrons. The first-order chi connectivity index (χ1) is 14.2. The first-order valence-electron chi connectivity index (χ1n) is 9.86. The molecule has 0 spiro atoms. The molecule has 6 heteroatoms. The highest BCUT2D eigenvalue weighted by Gasteiger charge is 2.46. The molecule has 3 aliphatic rings. The predicted octanol–water partition coefficient (Wildman–Crippen LogP) is 4.93. The first kappa shape index (κ1) is 17.8. The number of allylic oxidation sites excluding steroid dienone is 1. The summed E-state index contributed by atoms with van der Waals surface area (Å²) in [7, 11) is 0. The average molecular weight is 389 g/mol. The summed E-state index contributed by atoms with van der Waals surface area (Å²) >= 11 is 0. The van der Waals surface area contributed by atoms with Gasteiger partial charge in [-0.05, 0) is 49.1 Å². The standard InChI is InChI=1S/C23H22FN4O/c24-19-9-7-18(8-10-19)16-29-23-6-2-5-21(13-23)27(20-3-1-4-20)28-12-11-25-14-22(28)15-26-17-28/h2,5-15,17,20H,1,3-4,16H2/q+1. The van der Waals surface area contributed by atoms with E-state index in [1.165, 1.54) is 18.6 Å². The molecule has 29 heavy (non-hydrogen) atoms. The molecule has 2 aliphatic heterocycles. The molecule has 1 unspecified atom stereocenters. The Morgan fingerprint density at radius 3 is 2.76 bits per heavy atom. The van der Waals surface area contributed by atoms with Gasteiger partial charge >= 0.3 is 0 Å². The van der Waals surface area contributed by atoms with Crippen molar-refractivity contribution in [1.82, 2.24) is 0 Å². The largest absolute Gasteiger partial charge is 0.489 e. The highest BCUT2D eigenvalue weighted by Crippen LogP contribution is 2.39. The van der Waals surface area contributed by atoms with Gasteiger partial charge in [0.1, 0.15) is 18.2 Å². The van der Waals surface area contributed by atoms with Gasteiger partial charge in [-0.3, -0.25) is 4.99 Å². The maximum Gasteiger partial charge on any atom is 0.225 e. The lowest BCUT2D eigenvalue weighted by atomic mass is 9.91. The van der Waals surface area contributed by atoms with Crippen molar-refractivity contribution in [2.45, 2.75) is 31.9 Å². The smallest absolute Gasteiger partial charge is 0.225 e. The summed E-state index contributed by atoms with van der Waals surface area (Å²) in [6, 6.07) is 15.0. The molecule has 0 radical (unpaired) electrons. The summed E-state index contributed by atoms with van der Waals surface area (Å²) in [6.07, 6.45) is 13.1. The van der Waals surface area contributed by atoms with Crippen LogP contribution in [0.5, 0.6) is 5.75 Å². The molecule has 1 fully saturated rings. The highest BCUT2D eigenvalue weighted by atomic mass is 19.1. The van der Waals surface area contributed by atoms with Crippen LogP contribution in [0.25, 0.3) is 0 Å². The molecule has 2 aromatic rings. The third kappa shape index (κ3) is 3.25. The van der Waals surface area contributed by atoms with Crippen molar-refractivity contribution in [3.8, 4) is 5.75 Å². The number of quaternary nitrogens is 1. The molecule has 0 saturated heterocycles. The van der Waals surface area contributed by atoms with Gasteiger partial charge in [-0.1, -0.05) is 18.2 Å². The van der Waals surface area contributed by atoms with Crippen molar-refractivity contribution in [2.75, 3.05) is 5.01 Å². The Morgan fingerprint density at radius 2 is 1.97 bits per heavy atom. The van der Waals surface area contributed by atoms with Gasteiger partial charge in [0.15, 0.2) is 6.20 Å². The Labute approximate surface area is 169 Å². The molecule has 2 heterocycles. The van der Waals surface area contributed by atoms with E-state index in [0.29, 0.717) is 17.2 Å². The van der Waals surface area contributed by atoms with Crippen LogP contribution in [0.1, 0.15) is 24.8 Å². The molecule has 5 rings (SSSR count). The molecule has 2 aromatic carbocycles. The average Bonchev–Trinajstić information content (AvgIpc) is 3.15. The molecule has 0 bridgehead atoms. The Bertz CT molecular complexity index is 1020. The van der Waals surface area contributed by atoms with Crippen LogP contribution >= 0.6 is 0 Å². The summed E-state index contributed by atoms with van der Waals surface area (Å²) in [5.74, 6) is 0.542. The number of nitrogens with zero attached hydrogens (tertiary/aromatic N) is 4. The van der Waals surface area contributed by atoms with E-state index in [-0.39, 0.29) is 5.82 Å². The summed E-state index contributed by atoms with van der Waals surface area (Å²) in [6.45, 7) is 0.395. The van der Waals surface area contributed by atoms with Gasteiger partial charge in [-0.15, -0.1) is 4.59 Å². The van der Waals surface area contributed by atoms with Crippen molar-refractivity contribution in [3.05, 3.63) is 84.2 Å². The molecule has 0 aromatic heterocycles. The van der Waals surface area contributed by atoms with E-state index in [1.807, 2.05) is 37.1 Å². The lowest BCUT2D eigenvalue weighted by Crippen LogP contribution is -2.61. The second-order valence-electron chi connectivity index (χ2n) is 7.47. The van der Waals surface area contributed by atoms with Crippen LogP contribution in [0.2, 0.25) is 0 Å². The normalized spacial score (nSPS) is 22.2. The number of hydrogen-bond donors (Lipinski definition) is 0. The zero-order chi connectivity index (χ0) is 19.7. The second kappa shape index (κ2) is 7.29. The number of hydrogen-bond acceptors (Lipinski definition) is 4. The van der Waals surface area contributed by atoms with Gasteiger partial charge in [-0.25, -0.2) is 14.4 Å². The maximum absolute atomic E-state index is 13.1. The molecular formula is C23H22FN4O+. The molecule has 0 amide bonds. The van der Waals surface area contributed by atoms with Crippen LogP contribution in [0, 0.1) is 5.82 Å². The monoisotopic (exact) mass is 389 g/mol. The predicted molar refractivity (Wildman–Crippen MR) is 112 cm³/mol. The number of anilines is 1. The summed E-state index contributed by atoms with van der Waals surface area (Å²) < 4.78 is 19.5. The van der Waals surface area contributed by atoms with Gasteiger partial charge < -0.3 is 4.74 Å². The first-order valence-corrected chi connectivity index (χ1v) is 9.86. The number of ether oxygens (including phenoxy) is 1. The van der Waals surface area contributed by atoms with E-state index in [1.54, 1.807) is 12.1 Å². The fraction of sp³-hybridized carbons (Fsp3) is 0.217. The fourth-order valence-corrected chi connectivity index (χ4v) is 3.90. The van der Waals surface area contributed by atoms with Crippen molar-refractivity contribution in [3.63, 3.8) is 0 Å². The van der Waals surface area contributed by atoms with E-state index < -0.39 is 0 Å². The van der Waals surface area contributed by atoms with E-state index >= 15 is 0 Å². The zero-order valence-electron chi connectivity index (χ0n) is 16.0. The topological polar surface area (TPSA) is 37.2 Å². The van der Waals surface area contributed by atoms with Gasteiger partial charge in [0.25, 0.3) is 0 Å². The van der Waals surface area contributed by atoms with Gasteiger partial charge in [0.05, 0.1) is 30.3 Å². The van der Waals surface area contributed by atoms with E-state index in [4.69, 9.17) is 4.74 Å². The van der Waals surface area contributed by atoms with Crippen molar-refractivity contribution >= 4 is 18.2 Å². The quantitative estimate of drug-likeness (QED) is 0.657. The van der Waals surface area contributed by atoms with Crippen LogP contribution in [0.4, 0.5) is 10.1 Å². The number of rotatable bonds is 6. The SMILES string of the molecule is Fc1ccc(COc2cccc(N(C3CCC3)[N+]34C=CN=CC3=CN=C4)c2)cc1. The Kier molecular flexibility index (Phi) is 4.48. The summed E-state index contributed by atoms with van der Waals surface area (Å²) in [5.41, 5.74) is 3.03. The molecule has 1 aliphatic carbocycles. The minimum absolute atomic E-state index is 0.241. The van der Waals surface area contributed by atoms with Gasteiger partial charge in [0, 0.05) is 6.07 Å². The van der Waals surface area contributed by atoms with Crippen molar-refractivity contribution in [2.24, 2.45) is 9.98 Å². The Hall–Kier alpha value is -3.25. The number of aliphatic imine (C=N–C) groups is 2. The lowest BCUT2D eigenvalue weighted by Gasteiger charge is -2.46. The maximum atomic E-state index is 13.1. The Morgan fingerprint density at radius 1 is 1.10 bits per heavy atom. The van der Waals surface area contributed by atoms with E-state index in [9.17, 15) is 4.39 Å². The van der Waals surface area contributed by atoms with E-state index in [2.05, 4.69) is 33.3 Å². The van der Waals surface area contributed by atoms with Crippen LogP contribution in [0.3, 0.4) is 0 Å². The lowest BCUT2D eigenvalue weighted by molar-refractivity contribution is -0.746. The molecule has 1 saturated carbocycles. The fourth-order valence-electron chi connectivity index (χ4n) is 3.90. The molecule has 1 atom stereocenters. The molecular weight excluding hydrogens is 367 g/mol. The third-order valence-corrected chi connectivity index (χ3v) is 5.63. The summed E-state index contributed by atoms with van der Waals surface area (Å²) in [5, 5.41) is 2.39. The summed E-state index contributed by atoms with van der Waals surface area (Å²) in [4.78, 5) is 8.72. The zero-order valence-corrected chi connectivity index (χ0v) is 16.0. The van der Waals surface area contributed by atoms with Gasteiger partial charge in [-0.2, -0.15) is 0 Å². The molecule has 5 nitrogen and oxygen atoms in total. The number of halogens is 1. The van der Waals surface area contributed by atoms with Crippen LogP contribution in [0.15, 0.2) is 82.8 Å². The highest BCUT2D eigenvalue weighted by molar-refractivity contribution is 5.82. The van der Waals surface area contributed by atoms with E-state index in [0.717, 1.165) is 35.5 Å². The van der Waals surface area contributed by atoms with Crippen LogP contribution in [-0.2, 0) is 6.61 Å². The minimum atomic E-state index is -0.241. The van der Waals surface area contributed by atoms with Crippen molar-refractivity contribution < 1.29 is 13.7 Å². The van der Waals surface area contributed by atoms with Gasteiger partial charge in [0.2, 0.25) is 12.0 Å². The number of benzene rings is 2. The second-order valence-corrected chi connectivity index (χ2v) is 7.47. The minimum Gasteiger partial charge on any atom is -0.489 e. The van der Waals surface area contributed by atoms with Crippen LogP contribution < -0.4 is 9.75 Å². The number of fused-ring (bicyclic) bond motifs is 1.